The number of carbonyl (C=O) groups is 1. The van der Waals surface area contributed by atoms with Crippen molar-refractivity contribution in [3.8, 4) is 0 Å². The summed E-state index contributed by atoms with van der Waals surface area (Å²) in [5.74, 6) is 1.45. The Morgan fingerprint density at radius 2 is 1.93 bits per heavy atom. The van der Waals surface area contributed by atoms with Crippen LogP contribution in [0.3, 0.4) is 0 Å². The van der Waals surface area contributed by atoms with Crippen molar-refractivity contribution in [2.45, 2.75) is 32.1 Å². The average Bonchev–Trinajstić information content (AvgIpc) is 2.62. The maximum atomic E-state index is 11.9. The van der Waals surface area contributed by atoms with Crippen molar-refractivity contribution in [2.75, 3.05) is 19.6 Å². The zero-order valence-corrected chi connectivity index (χ0v) is 8.74. The maximum Gasteiger partial charge on any atom is 0.225 e. The monoisotopic (exact) mass is 196 g/mol. The fourth-order valence-electron chi connectivity index (χ4n) is 2.60. The average molecular weight is 196 g/mol. The zero-order valence-electron chi connectivity index (χ0n) is 8.74. The molecule has 0 atom stereocenters. The molecule has 0 aromatic heterocycles. The van der Waals surface area contributed by atoms with E-state index in [0.717, 1.165) is 38.9 Å². The number of hydrogen-bond acceptors (Lipinski definition) is 2. The van der Waals surface area contributed by atoms with Crippen molar-refractivity contribution in [1.29, 1.82) is 0 Å². The molecule has 2 rings (SSSR count). The first kappa shape index (κ1) is 9.97. The van der Waals surface area contributed by atoms with E-state index in [2.05, 4.69) is 0 Å². The SMILES string of the molecule is NCCC1CN(C(=O)C2CCCC2)C1. The van der Waals surface area contributed by atoms with Crippen LogP contribution in [0.4, 0.5) is 0 Å². The van der Waals surface area contributed by atoms with E-state index >= 15 is 0 Å². The Morgan fingerprint density at radius 1 is 1.29 bits per heavy atom. The number of hydrogen-bond donors (Lipinski definition) is 1. The molecule has 1 saturated heterocycles. The van der Waals surface area contributed by atoms with Crippen LogP contribution in [0, 0.1) is 11.8 Å². The van der Waals surface area contributed by atoms with Crippen LogP contribution in [0.15, 0.2) is 0 Å². The van der Waals surface area contributed by atoms with E-state index in [1.54, 1.807) is 0 Å². The number of rotatable bonds is 3. The lowest BCUT2D eigenvalue weighted by atomic mass is 9.94. The van der Waals surface area contributed by atoms with Gasteiger partial charge in [0.15, 0.2) is 0 Å². The highest BCUT2D eigenvalue weighted by molar-refractivity contribution is 5.79. The smallest absolute Gasteiger partial charge is 0.225 e. The van der Waals surface area contributed by atoms with Gasteiger partial charge in [0.2, 0.25) is 5.91 Å². The largest absolute Gasteiger partial charge is 0.342 e. The van der Waals surface area contributed by atoms with E-state index in [1.807, 2.05) is 4.90 Å². The molecule has 14 heavy (non-hydrogen) atoms. The van der Waals surface area contributed by atoms with E-state index in [0.29, 0.717) is 17.7 Å². The first-order valence-electron chi connectivity index (χ1n) is 5.80. The van der Waals surface area contributed by atoms with Gasteiger partial charge < -0.3 is 10.6 Å². The molecule has 3 nitrogen and oxygen atoms in total. The molecule has 2 N–H and O–H groups in total. The van der Waals surface area contributed by atoms with Crippen LogP contribution < -0.4 is 5.73 Å². The van der Waals surface area contributed by atoms with E-state index < -0.39 is 0 Å². The molecule has 2 fully saturated rings. The van der Waals surface area contributed by atoms with Crippen LogP contribution in [-0.4, -0.2) is 30.4 Å². The lowest BCUT2D eigenvalue weighted by Crippen LogP contribution is -2.52. The first-order valence-corrected chi connectivity index (χ1v) is 5.80. The van der Waals surface area contributed by atoms with Crippen molar-refractivity contribution in [3.05, 3.63) is 0 Å². The summed E-state index contributed by atoms with van der Waals surface area (Å²) < 4.78 is 0. The van der Waals surface area contributed by atoms with E-state index in [1.165, 1.54) is 12.8 Å². The highest BCUT2D eigenvalue weighted by Crippen LogP contribution is 2.29. The Hall–Kier alpha value is -0.570. The molecule has 3 heteroatoms. The van der Waals surface area contributed by atoms with Crippen LogP contribution in [0.1, 0.15) is 32.1 Å². The highest BCUT2D eigenvalue weighted by atomic mass is 16.2. The lowest BCUT2D eigenvalue weighted by molar-refractivity contribution is -0.141. The van der Waals surface area contributed by atoms with Crippen LogP contribution in [0.25, 0.3) is 0 Å². The molecule has 1 amide bonds. The topological polar surface area (TPSA) is 46.3 Å². The Kier molecular flexibility index (Phi) is 3.06. The fourth-order valence-corrected chi connectivity index (χ4v) is 2.60. The van der Waals surface area contributed by atoms with Gasteiger partial charge in [0, 0.05) is 19.0 Å². The normalized spacial score (nSPS) is 23.9. The predicted molar refractivity (Wildman–Crippen MR) is 55.7 cm³/mol. The molecule has 1 saturated carbocycles. The third-order valence-electron chi connectivity index (χ3n) is 3.55. The summed E-state index contributed by atoms with van der Waals surface area (Å²) in [6, 6.07) is 0. The van der Waals surface area contributed by atoms with Crippen molar-refractivity contribution in [1.82, 2.24) is 4.90 Å². The summed E-state index contributed by atoms with van der Waals surface area (Å²) in [7, 11) is 0. The highest BCUT2D eigenvalue weighted by Gasteiger charge is 2.34. The number of nitrogens with zero attached hydrogens (tertiary/aromatic N) is 1. The number of amides is 1. The molecule has 1 heterocycles. The van der Waals surface area contributed by atoms with Crippen molar-refractivity contribution < 1.29 is 4.79 Å². The number of likely N-dealkylation sites (tertiary alicyclic amines) is 1. The van der Waals surface area contributed by atoms with E-state index in [4.69, 9.17) is 5.73 Å². The van der Waals surface area contributed by atoms with Gasteiger partial charge in [0.25, 0.3) is 0 Å². The first-order chi connectivity index (χ1) is 6.81. The van der Waals surface area contributed by atoms with Crippen LogP contribution >= 0.6 is 0 Å². The third-order valence-corrected chi connectivity index (χ3v) is 3.55. The van der Waals surface area contributed by atoms with Gasteiger partial charge >= 0.3 is 0 Å². The molecule has 1 aliphatic heterocycles. The second kappa shape index (κ2) is 4.30. The summed E-state index contributed by atoms with van der Waals surface area (Å²) >= 11 is 0. The van der Waals surface area contributed by atoms with Crippen molar-refractivity contribution in [2.24, 2.45) is 17.6 Å². The van der Waals surface area contributed by atoms with Gasteiger partial charge in [-0.05, 0) is 31.7 Å². The van der Waals surface area contributed by atoms with E-state index in [9.17, 15) is 4.79 Å². The molecule has 0 aromatic carbocycles. The van der Waals surface area contributed by atoms with Gasteiger partial charge in [-0.1, -0.05) is 12.8 Å². The van der Waals surface area contributed by atoms with Crippen LogP contribution in [-0.2, 0) is 4.79 Å². The minimum atomic E-state index is 0.355. The second-order valence-corrected chi connectivity index (χ2v) is 4.67. The number of nitrogens with two attached hydrogens (primary N) is 1. The minimum Gasteiger partial charge on any atom is -0.342 e. The second-order valence-electron chi connectivity index (χ2n) is 4.67. The molecule has 0 aromatic rings. The molecule has 0 unspecified atom stereocenters. The summed E-state index contributed by atoms with van der Waals surface area (Å²) in [5, 5.41) is 0. The lowest BCUT2D eigenvalue weighted by Gasteiger charge is -2.40. The summed E-state index contributed by atoms with van der Waals surface area (Å²) in [5.41, 5.74) is 5.48. The quantitative estimate of drug-likeness (QED) is 0.731. The molecule has 0 radical (unpaired) electrons. The minimum absolute atomic E-state index is 0.355. The maximum absolute atomic E-state index is 11.9. The Balaban J connectivity index is 1.73. The van der Waals surface area contributed by atoms with Gasteiger partial charge in [-0.2, -0.15) is 0 Å². The molecular weight excluding hydrogens is 176 g/mol. The summed E-state index contributed by atoms with van der Waals surface area (Å²) in [6.45, 7) is 2.69. The third kappa shape index (κ3) is 1.92. The number of carbonyl (C=O) groups excluding carboxylic acids is 1. The Labute approximate surface area is 85.6 Å². The van der Waals surface area contributed by atoms with Gasteiger partial charge in [0.05, 0.1) is 0 Å². The van der Waals surface area contributed by atoms with E-state index in [-0.39, 0.29) is 0 Å². The van der Waals surface area contributed by atoms with Crippen molar-refractivity contribution >= 4 is 5.91 Å². The molecular formula is C11H20N2O. The van der Waals surface area contributed by atoms with Crippen LogP contribution in [0.5, 0.6) is 0 Å². The molecule has 0 bridgehead atoms. The van der Waals surface area contributed by atoms with Crippen LogP contribution in [0.2, 0.25) is 0 Å². The summed E-state index contributed by atoms with van der Waals surface area (Å²) in [4.78, 5) is 13.9. The Morgan fingerprint density at radius 3 is 2.50 bits per heavy atom. The molecule has 80 valence electrons. The van der Waals surface area contributed by atoms with Crippen molar-refractivity contribution in [3.63, 3.8) is 0 Å². The van der Waals surface area contributed by atoms with Gasteiger partial charge in [-0.25, -0.2) is 0 Å². The summed E-state index contributed by atoms with van der Waals surface area (Å²) in [6.07, 6.45) is 5.81. The van der Waals surface area contributed by atoms with Gasteiger partial charge in [-0.3, -0.25) is 4.79 Å². The van der Waals surface area contributed by atoms with Gasteiger partial charge in [-0.15, -0.1) is 0 Å². The van der Waals surface area contributed by atoms with Gasteiger partial charge in [0.1, 0.15) is 0 Å². The zero-order chi connectivity index (χ0) is 9.97. The Bertz CT molecular complexity index is 205. The molecule has 1 aliphatic carbocycles. The fraction of sp³-hybridized carbons (Fsp3) is 0.909. The predicted octanol–water partition coefficient (Wildman–Crippen LogP) is 0.984. The molecule has 2 aliphatic rings. The standard InChI is InChI=1S/C11H20N2O/c12-6-5-9-7-13(8-9)11(14)10-3-1-2-4-10/h9-10H,1-8,12H2. The molecule has 0 spiro atoms.